The van der Waals surface area contributed by atoms with E-state index >= 15 is 0 Å². The van der Waals surface area contributed by atoms with Crippen LogP contribution in [-0.4, -0.2) is 43.5 Å². The molecule has 0 saturated carbocycles. The first kappa shape index (κ1) is 19.9. The smallest absolute Gasteiger partial charge is 0.238 e. The van der Waals surface area contributed by atoms with Crippen LogP contribution in [0.15, 0.2) is 48.5 Å². The molecule has 28 heavy (non-hydrogen) atoms. The molecule has 1 heterocycles. The molecule has 0 atom stereocenters. The molecule has 2 aromatic rings. The highest BCUT2D eigenvalue weighted by atomic mass is 16.5. The molecule has 1 N–H and O–H groups in total. The van der Waals surface area contributed by atoms with Gasteiger partial charge in [0.2, 0.25) is 11.8 Å². The zero-order valence-corrected chi connectivity index (χ0v) is 16.5. The third-order valence-corrected chi connectivity index (χ3v) is 4.64. The van der Waals surface area contributed by atoms with Crippen LogP contribution in [0.4, 0.5) is 11.4 Å². The lowest BCUT2D eigenvalue weighted by Crippen LogP contribution is -2.31. The largest absolute Gasteiger partial charge is 0.494 e. The summed E-state index contributed by atoms with van der Waals surface area (Å²) in [4.78, 5) is 28.3. The second-order valence-electron chi connectivity index (χ2n) is 6.96. The Bertz CT molecular complexity index is 820. The summed E-state index contributed by atoms with van der Waals surface area (Å²) in [6.07, 6.45) is 1.42. The molecular formula is C22H27N3O3. The van der Waals surface area contributed by atoms with E-state index in [2.05, 4.69) is 5.32 Å². The highest BCUT2D eigenvalue weighted by Gasteiger charge is 2.24. The first-order valence-corrected chi connectivity index (χ1v) is 9.66. The number of amides is 2. The van der Waals surface area contributed by atoms with Gasteiger partial charge in [-0.15, -0.1) is 0 Å². The van der Waals surface area contributed by atoms with Gasteiger partial charge in [0.15, 0.2) is 0 Å². The maximum Gasteiger partial charge on any atom is 0.238 e. The number of anilines is 2. The first-order chi connectivity index (χ1) is 13.6. The van der Waals surface area contributed by atoms with Gasteiger partial charge in [-0.2, -0.15) is 0 Å². The van der Waals surface area contributed by atoms with Crippen molar-refractivity contribution in [3.05, 3.63) is 54.1 Å². The summed E-state index contributed by atoms with van der Waals surface area (Å²) < 4.78 is 5.45. The minimum atomic E-state index is -0.104. The third kappa shape index (κ3) is 5.10. The number of para-hydroxylation sites is 2. The minimum Gasteiger partial charge on any atom is -0.494 e. The summed E-state index contributed by atoms with van der Waals surface area (Å²) in [6, 6.07) is 15.4. The Labute approximate surface area is 166 Å². The summed E-state index contributed by atoms with van der Waals surface area (Å²) in [5.74, 6) is 0.849. The van der Waals surface area contributed by atoms with Crippen molar-refractivity contribution in [3.63, 3.8) is 0 Å². The van der Waals surface area contributed by atoms with Crippen molar-refractivity contribution in [2.75, 3.05) is 37.0 Å². The molecule has 2 aromatic carbocycles. The van der Waals surface area contributed by atoms with E-state index in [1.54, 1.807) is 4.90 Å². The Morgan fingerprint density at radius 1 is 1.18 bits per heavy atom. The summed E-state index contributed by atoms with van der Waals surface area (Å²) in [7, 11) is 1.91. The number of hydrogen-bond acceptors (Lipinski definition) is 4. The van der Waals surface area contributed by atoms with Gasteiger partial charge >= 0.3 is 0 Å². The minimum absolute atomic E-state index is 0.104. The highest BCUT2D eigenvalue weighted by molar-refractivity contribution is 6.02. The fourth-order valence-electron chi connectivity index (χ4n) is 3.38. The van der Waals surface area contributed by atoms with Gasteiger partial charge in [0.05, 0.1) is 24.5 Å². The number of likely N-dealkylation sites (N-methyl/N-ethyl adjacent to an activating group) is 1. The zero-order valence-electron chi connectivity index (χ0n) is 16.5. The molecule has 0 unspecified atom stereocenters. The van der Waals surface area contributed by atoms with E-state index in [1.807, 2.05) is 67.4 Å². The maximum atomic E-state index is 12.5. The van der Waals surface area contributed by atoms with Gasteiger partial charge in [0, 0.05) is 19.5 Å². The third-order valence-electron chi connectivity index (χ3n) is 4.64. The van der Waals surface area contributed by atoms with E-state index in [0.717, 1.165) is 23.4 Å². The molecule has 0 aliphatic carbocycles. The van der Waals surface area contributed by atoms with E-state index in [1.165, 1.54) is 0 Å². The molecule has 6 heteroatoms. The van der Waals surface area contributed by atoms with Crippen LogP contribution >= 0.6 is 0 Å². The quantitative estimate of drug-likeness (QED) is 0.762. The Hall–Kier alpha value is -2.86. The van der Waals surface area contributed by atoms with E-state index in [4.69, 9.17) is 4.74 Å². The molecule has 1 aliphatic rings. The number of benzene rings is 2. The predicted molar refractivity (Wildman–Crippen MR) is 111 cm³/mol. The van der Waals surface area contributed by atoms with Crippen LogP contribution < -0.4 is 15.0 Å². The average Bonchev–Trinajstić information content (AvgIpc) is 3.09. The number of ether oxygens (including phenoxy) is 1. The number of rotatable bonds is 8. The van der Waals surface area contributed by atoms with Crippen molar-refractivity contribution in [1.82, 2.24) is 4.90 Å². The Balaban J connectivity index is 1.57. The molecule has 6 nitrogen and oxygen atoms in total. The molecule has 1 aliphatic heterocycles. The van der Waals surface area contributed by atoms with Crippen LogP contribution in [0.2, 0.25) is 0 Å². The van der Waals surface area contributed by atoms with Crippen molar-refractivity contribution in [2.45, 2.75) is 26.3 Å². The van der Waals surface area contributed by atoms with Crippen molar-refractivity contribution in [3.8, 4) is 5.75 Å². The summed E-state index contributed by atoms with van der Waals surface area (Å²) in [6.45, 7) is 4.22. The highest BCUT2D eigenvalue weighted by Crippen LogP contribution is 2.29. The van der Waals surface area contributed by atoms with Gasteiger partial charge in [0.1, 0.15) is 5.75 Å². The van der Waals surface area contributed by atoms with Crippen LogP contribution in [0.1, 0.15) is 25.3 Å². The zero-order chi connectivity index (χ0) is 19.9. The average molecular weight is 381 g/mol. The lowest BCUT2D eigenvalue weighted by molar-refractivity contribution is -0.118. The molecular weight excluding hydrogens is 354 g/mol. The first-order valence-electron chi connectivity index (χ1n) is 9.66. The van der Waals surface area contributed by atoms with Gasteiger partial charge in [-0.1, -0.05) is 24.3 Å². The second kappa shape index (κ2) is 9.37. The van der Waals surface area contributed by atoms with Crippen LogP contribution in [0.25, 0.3) is 0 Å². The van der Waals surface area contributed by atoms with Crippen molar-refractivity contribution < 1.29 is 14.3 Å². The Morgan fingerprint density at radius 3 is 2.61 bits per heavy atom. The normalized spacial score (nSPS) is 13.8. The molecule has 3 rings (SSSR count). The number of carbonyl (C=O) groups excluding carboxylic acids is 2. The fraction of sp³-hybridized carbons (Fsp3) is 0.364. The van der Waals surface area contributed by atoms with E-state index in [0.29, 0.717) is 31.8 Å². The van der Waals surface area contributed by atoms with Crippen LogP contribution in [-0.2, 0) is 16.1 Å². The molecule has 0 radical (unpaired) electrons. The van der Waals surface area contributed by atoms with Gasteiger partial charge in [0.25, 0.3) is 0 Å². The monoisotopic (exact) mass is 381 g/mol. The summed E-state index contributed by atoms with van der Waals surface area (Å²) in [5, 5.41) is 2.96. The van der Waals surface area contributed by atoms with E-state index in [-0.39, 0.29) is 18.4 Å². The van der Waals surface area contributed by atoms with E-state index in [9.17, 15) is 9.59 Å². The van der Waals surface area contributed by atoms with Crippen molar-refractivity contribution in [2.24, 2.45) is 0 Å². The van der Waals surface area contributed by atoms with Crippen molar-refractivity contribution >= 4 is 23.2 Å². The standard InChI is InChI=1S/C22H27N3O3/c1-3-28-18-12-10-17(11-13-18)15-24(2)16-21(26)23-19-7-4-5-8-20(19)25-14-6-9-22(25)27/h4-5,7-8,10-13H,3,6,9,14-16H2,1-2H3,(H,23,26). The molecule has 1 saturated heterocycles. The van der Waals surface area contributed by atoms with Crippen LogP contribution in [0.5, 0.6) is 5.75 Å². The lowest BCUT2D eigenvalue weighted by atomic mass is 10.2. The summed E-state index contributed by atoms with van der Waals surface area (Å²) >= 11 is 0. The Morgan fingerprint density at radius 2 is 1.93 bits per heavy atom. The number of carbonyl (C=O) groups is 2. The predicted octanol–water partition coefficient (Wildman–Crippen LogP) is 3.28. The molecule has 0 aromatic heterocycles. The fourth-order valence-corrected chi connectivity index (χ4v) is 3.38. The van der Waals surface area contributed by atoms with Gasteiger partial charge < -0.3 is 15.0 Å². The molecule has 0 spiro atoms. The summed E-state index contributed by atoms with van der Waals surface area (Å²) in [5.41, 5.74) is 2.56. The van der Waals surface area contributed by atoms with Crippen molar-refractivity contribution in [1.29, 1.82) is 0 Å². The molecule has 148 valence electrons. The topological polar surface area (TPSA) is 61.9 Å². The van der Waals surface area contributed by atoms with Gasteiger partial charge in [-0.3, -0.25) is 14.5 Å². The molecule has 1 fully saturated rings. The number of hydrogen-bond donors (Lipinski definition) is 1. The van der Waals surface area contributed by atoms with E-state index < -0.39 is 0 Å². The number of nitrogens with zero attached hydrogens (tertiary/aromatic N) is 2. The van der Waals surface area contributed by atoms with Gasteiger partial charge in [-0.25, -0.2) is 0 Å². The SMILES string of the molecule is CCOc1ccc(CN(C)CC(=O)Nc2ccccc2N2CCCC2=O)cc1. The Kier molecular flexibility index (Phi) is 6.66. The maximum absolute atomic E-state index is 12.5. The second-order valence-corrected chi connectivity index (χ2v) is 6.96. The molecule has 2 amide bonds. The van der Waals surface area contributed by atoms with Crippen LogP contribution in [0.3, 0.4) is 0 Å². The lowest BCUT2D eigenvalue weighted by Gasteiger charge is -2.21. The molecule has 0 bridgehead atoms. The van der Waals surface area contributed by atoms with Crippen LogP contribution in [0, 0.1) is 0 Å². The van der Waals surface area contributed by atoms with Gasteiger partial charge in [-0.05, 0) is 50.2 Å². The number of nitrogens with one attached hydrogen (secondary N) is 1.